The van der Waals surface area contributed by atoms with Crippen LogP contribution in [0.15, 0.2) is 53.5 Å². The number of methoxy groups -OCH3 is 1. The molecule has 1 unspecified atom stereocenters. The van der Waals surface area contributed by atoms with E-state index in [-0.39, 0.29) is 18.4 Å². The van der Waals surface area contributed by atoms with Gasteiger partial charge in [0.15, 0.2) is 0 Å². The van der Waals surface area contributed by atoms with Crippen LogP contribution in [-0.2, 0) is 9.53 Å². The van der Waals surface area contributed by atoms with E-state index < -0.39 is 5.92 Å². The molecule has 5 heteroatoms. The van der Waals surface area contributed by atoms with Crippen molar-refractivity contribution in [2.75, 3.05) is 13.7 Å². The number of ether oxygens (including phenoxy) is 2. The third-order valence-electron chi connectivity index (χ3n) is 3.21. The lowest BCUT2D eigenvalue weighted by atomic mass is 10.0. The molecule has 0 amide bonds. The normalized spacial score (nSPS) is 12.1. The number of nitrogens with zero attached hydrogens (tertiary/aromatic N) is 1. The zero-order chi connectivity index (χ0) is 16.7. The Hall–Kier alpha value is -2.69. The van der Waals surface area contributed by atoms with E-state index in [1.165, 1.54) is 18.3 Å². The third kappa shape index (κ3) is 4.64. The van der Waals surface area contributed by atoms with Gasteiger partial charge in [0.25, 0.3) is 0 Å². The summed E-state index contributed by atoms with van der Waals surface area (Å²) in [5.74, 6) is -0.651. The minimum Gasteiger partial charge on any atom is -0.497 e. The van der Waals surface area contributed by atoms with Gasteiger partial charge in [0, 0.05) is 6.21 Å². The standard InChI is InChI=1S/C18H18FNO3/c1-3-23-18(21)17(13-4-10-16(22-2)11-5-13)12-20-15-8-6-14(19)7-9-15/h4-12,17H,3H2,1-2H3. The number of hydrogen-bond donors (Lipinski definition) is 0. The molecule has 0 bridgehead atoms. The first kappa shape index (κ1) is 16.7. The molecule has 0 heterocycles. The maximum Gasteiger partial charge on any atom is 0.318 e. The number of aliphatic imine (C=N–C) groups is 1. The molecule has 2 aromatic rings. The molecule has 2 rings (SSSR count). The van der Waals surface area contributed by atoms with Crippen molar-refractivity contribution in [2.24, 2.45) is 4.99 Å². The minimum absolute atomic E-state index is 0.288. The Labute approximate surface area is 134 Å². The van der Waals surface area contributed by atoms with Gasteiger partial charge in [-0.15, -0.1) is 0 Å². The highest BCUT2D eigenvalue weighted by atomic mass is 19.1. The van der Waals surface area contributed by atoms with Crippen LogP contribution in [0, 0.1) is 5.82 Å². The van der Waals surface area contributed by atoms with E-state index >= 15 is 0 Å². The van der Waals surface area contributed by atoms with Crippen molar-refractivity contribution in [3.63, 3.8) is 0 Å². The molecule has 1 atom stereocenters. The van der Waals surface area contributed by atoms with E-state index in [0.29, 0.717) is 11.4 Å². The Bertz CT molecular complexity index is 666. The van der Waals surface area contributed by atoms with Crippen molar-refractivity contribution < 1.29 is 18.7 Å². The highest BCUT2D eigenvalue weighted by molar-refractivity contribution is 5.96. The van der Waals surface area contributed by atoms with Gasteiger partial charge in [0.1, 0.15) is 17.5 Å². The van der Waals surface area contributed by atoms with Crippen molar-refractivity contribution in [3.8, 4) is 5.75 Å². The first-order chi connectivity index (χ1) is 11.1. The molecule has 0 spiro atoms. The Morgan fingerprint density at radius 3 is 2.39 bits per heavy atom. The monoisotopic (exact) mass is 315 g/mol. The molecular formula is C18H18FNO3. The molecule has 0 aliphatic rings. The number of halogens is 1. The zero-order valence-electron chi connectivity index (χ0n) is 13.0. The molecule has 0 aliphatic carbocycles. The predicted molar refractivity (Wildman–Crippen MR) is 86.9 cm³/mol. The van der Waals surface area contributed by atoms with E-state index in [9.17, 15) is 9.18 Å². The van der Waals surface area contributed by atoms with Crippen molar-refractivity contribution in [2.45, 2.75) is 12.8 Å². The van der Waals surface area contributed by atoms with Gasteiger partial charge in [-0.05, 0) is 48.9 Å². The molecule has 0 saturated carbocycles. The number of hydrogen-bond acceptors (Lipinski definition) is 4. The summed E-state index contributed by atoms with van der Waals surface area (Å²) in [6, 6.07) is 12.8. The highest BCUT2D eigenvalue weighted by Gasteiger charge is 2.20. The lowest BCUT2D eigenvalue weighted by molar-refractivity contribution is -0.143. The lowest BCUT2D eigenvalue weighted by Gasteiger charge is -2.12. The van der Waals surface area contributed by atoms with E-state index in [0.717, 1.165) is 5.56 Å². The number of esters is 1. The van der Waals surface area contributed by atoms with Crippen molar-refractivity contribution in [1.29, 1.82) is 0 Å². The zero-order valence-corrected chi connectivity index (χ0v) is 13.0. The topological polar surface area (TPSA) is 47.9 Å². The third-order valence-corrected chi connectivity index (χ3v) is 3.21. The summed E-state index contributed by atoms with van der Waals surface area (Å²) < 4.78 is 23.1. The average Bonchev–Trinajstić information content (AvgIpc) is 2.57. The molecule has 23 heavy (non-hydrogen) atoms. The Balaban J connectivity index is 2.25. The molecule has 0 aromatic heterocycles. The van der Waals surface area contributed by atoms with Crippen LogP contribution >= 0.6 is 0 Å². The Kier molecular flexibility index (Phi) is 5.86. The fourth-order valence-corrected chi connectivity index (χ4v) is 2.01. The van der Waals surface area contributed by atoms with Crippen LogP contribution in [0.1, 0.15) is 18.4 Å². The van der Waals surface area contributed by atoms with Crippen LogP contribution in [-0.4, -0.2) is 25.9 Å². The van der Waals surface area contributed by atoms with Gasteiger partial charge in [0.05, 0.1) is 19.4 Å². The average molecular weight is 315 g/mol. The second-order valence-corrected chi connectivity index (χ2v) is 4.76. The molecule has 0 N–H and O–H groups in total. The summed E-state index contributed by atoms with van der Waals surface area (Å²) in [6.07, 6.45) is 1.51. The highest BCUT2D eigenvalue weighted by Crippen LogP contribution is 2.21. The van der Waals surface area contributed by atoms with Crippen LogP contribution in [0.4, 0.5) is 10.1 Å². The van der Waals surface area contributed by atoms with Gasteiger partial charge in [-0.25, -0.2) is 4.39 Å². The summed E-state index contributed by atoms with van der Waals surface area (Å²) in [4.78, 5) is 16.4. The van der Waals surface area contributed by atoms with E-state index in [4.69, 9.17) is 9.47 Å². The summed E-state index contributed by atoms with van der Waals surface area (Å²) in [5.41, 5.74) is 1.31. The van der Waals surface area contributed by atoms with E-state index in [1.807, 2.05) is 0 Å². The molecule has 2 aromatic carbocycles. The smallest absolute Gasteiger partial charge is 0.318 e. The molecule has 0 fully saturated rings. The SMILES string of the molecule is CCOC(=O)C(C=Nc1ccc(F)cc1)c1ccc(OC)cc1. The quantitative estimate of drug-likeness (QED) is 0.600. The second kappa shape index (κ2) is 8.08. The van der Waals surface area contributed by atoms with Crippen molar-refractivity contribution >= 4 is 17.9 Å². The van der Waals surface area contributed by atoms with Crippen molar-refractivity contribution in [1.82, 2.24) is 0 Å². The fourth-order valence-electron chi connectivity index (χ4n) is 2.01. The van der Waals surface area contributed by atoms with Gasteiger partial charge >= 0.3 is 5.97 Å². The van der Waals surface area contributed by atoms with Crippen molar-refractivity contribution in [3.05, 3.63) is 59.9 Å². The largest absolute Gasteiger partial charge is 0.497 e. The van der Waals surface area contributed by atoms with Gasteiger partial charge < -0.3 is 9.47 Å². The molecule has 120 valence electrons. The van der Waals surface area contributed by atoms with Crippen LogP contribution < -0.4 is 4.74 Å². The Morgan fingerprint density at radius 2 is 1.83 bits per heavy atom. The van der Waals surface area contributed by atoms with Crippen LogP contribution in [0.25, 0.3) is 0 Å². The summed E-state index contributed by atoms with van der Waals surface area (Å²) in [6.45, 7) is 2.04. The van der Waals surface area contributed by atoms with E-state index in [1.54, 1.807) is 50.4 Å². The number of carbonyl (C=O) groups excluding carboxylic acids is 1. The second-order valence-electron chi connectivity index (χ2n) is 4.76. The maximum atomic E-state index is 12.9. The van der Waals surface area contributed by atoms with Gasteiger partial charge in [-0.3, -0.25) is 9.79 Å². The Morgan fingerprint density at radius 1 is 1.17 bits per heavy atom. The number of carbonyl (C=O) groups is 1. The summed E-state index contributed by atoms with van der Waals surface area (Å²) in [7, 11) is 1.58. The number of rotatable bonds is 6. The summed E-state index contributed by atoms with van der Waals surface area (Å²) in [5, 5.41) is 0. The molecule has 0 radical (unpaired) electrons. The molecular weight excluding hydrogens is 297 g/mol. The molecule has 0 aliphatic heterocycles. The maximum absolute atomic E-state index is 12.9. The molecule has 4 nitrogen and oxygen atoms in total. The van der Waals surface area contributed by atoms with Gasteiger partial charge in [-0.2, -0.15) is 0 Å². The first-order valence-corrected chi connectivity index (χ1v) is 7.24. The summed E-state index contributed by atoms with van der Waals surface area (Å²) >= 11 is 0. The fraction of sp³-hybridized carbons (Fsp3) is 0.222. The van der Waals surface area contributed by atoms with Gasteiger partial charge in [-0.1, -0.05) is 12.1 Å². The predicted octanol–water partition coefficient (Wildman–Crippen LogP) is 3.88. The lowest BCUT2D eigenvalue weighted by Crippen LogP contribution is -2.17. The number of benzene rings is 2. The minimum atomic E-state index is -0.633. The van der Waals surface area contributed by atoms with Crippen LogP contribution in [0.5, 0.6) is 5.75 Å². The molecule has 0 saturated heterocycles. The van der Waals surface area contributed by atoms with Crippen LogP contribution in [0.3, 0.4) is 0 Å². The van der Waals surface area contributed by atoms with Gasteiger partial charge in [0.2, 0.25) is 0 Å². The first-order valence-electron chi connectivity index (χ1n) is 7.24. The van der Waals surface area contributed by atoms with E-state index in [2.05, 4.69) is 4.99 Å². The van der Waals surface area contributed by atoms with Crippen LogP contribution in [0.2, 0.25) is 0 Å².